The van der Waals surface area contributed by atoms with Gasteiger partial charge in [-0.05, 0) is 103 Å². The average molecular weight is 968 g/mol. The van der Waals surface area contributed by atoms with Crippen LogP contribution in [0.1, 0.15) is 132 Å². The van der Waals surface area contributed by atoms with Crippen molar-refractivity contribution < 1.29 is 29.0 Å². The number of β-amino-alcohol motifs (C(OH)–C–C–N with tert-alkyl or cyclic N) is 1. The number of aromatic nitrogens is 3. The molecule has 4 N–H and O–H groups in total. The summed E-state index contributed by atoms with van der Waals surface area (Å²) in [4.78, 5) is 61.0. The Hall–Kier alpha value is -5.27. The maximum absolute atomic E-state index is 14.1. The zero-order valence-electron chi connectivity index (χ0n) is 40.8. The van der Waals surface area contributed by atoms with Gasteiger partial charge in [-0.3, -0.25) is 19.2 Å². The number of hydrogen-bond donors (Lipinski definition) is 4. The molecule has 0 radical (unpaired) electrons. The third kappa shape index (κ3) is 12.3. The molecule has 4 amide bonds. The second-order valence-corrected chi connectivity index (χ2v) is 22.0. The fourth-order valence-corrected chi connectivity index (χ4v) is 11.3. The number of nitrogens with one attached hydrogen (secondary N) is 3. The van der Waals surface area contributed by atoms with Gasteiger partial charge in [0, 0.05) is 25.6 Å². The number of halogens is 1. The van der Waals surface area contributed by atoms with E-state index in [1.165, 1.54) is 4.90 Å². The first-order valence-electron chi connectivity index (χ1n) is 23.6. The zero-order chi connectivity index (χ0) is 49.6. The summed E-state index contributed by atoms with van der Waals surface area (Å²) in [5, 5.41) is 38.0. The van der Waals surface area contributed by atoms with Crippen LogP contribution in [0.3, 0.4) is 0 Å². The minimum Gasteiger partial charge on any atom is -0.391 e. The molecule has 2 aliphatic rings. The Labute approximate surface area is 410 Å². The molecule has 0 unspecified atom stereocenters. The number of thiazole rings is 1. The van der Waals surface area contributed by atoms with E-state index in [1.807, 2.05) is 82.6 Å². The number of aryl methyl sites for hydroxylation is 2. The van der Waals surface area contributed by atoms with E-state index in [0.717, 1.165) is 65.1 Å². The molecule has 2 aromatic heterocycles. The van der Waals surface area contributed by atoms with Crippen molar-refractivity contribution in [2.45, 2.75) is 138 Å². The summed E-state index contributed by atoms with van der Waals surface area (Å²) in [7, 11) is 0. The van der Waals surface area contributed by atoms with Crippen LogP contribution in [-0.4, -0.2) is 92.8 Å². The lowest BCUT2D eigenvalue weighted by Crippen LogP contribution is -2.70. The number of unbranched alkanes of at least 4 members (excludes halogenated alkanes) is 3. The molecule has 1 saturated heterocycles. The van der Waals surface area contributed by atoms with Crippen molar-refractivity contribution in [3.05, 3.63) is 98.9 Å². The van der Waals surface area contributed by atoms with Gasteiger partial charge in [0.05, 0.1) is 44.5 Å². The maximum atomic E-state index is 14.1. The Kier molecular flexibility index (Phi) is 16.9. The number of carbonyl (C=O) groups is 4. The lowest BCUT2D eigenvalue weighted by atomic mass is 9.43. The van der Waals surface area contributed by atoms with Crippen LogP contribution in [0.25, 0.3) is 10.4 Å². The Morgan fingerprint density at radius 2 is 1.69 bits per heavy atom. The molecule has 68 heavy (non-hydrogen) atoms. The second kappa shape index (κ2) is 22.0. The third-order valence-electron chi connectivity index (χ3n) is 13.9. The van der Waals surface area contributed by atoms with Gasteiger partial charge >= 0.3 is 0 Å². The Morgan fingerprint density at radius 3 is 2.31 bits per heavy atom. The number of nitriles is 1. The molecule has 3 heterocycles. The minimum atomic E-state index is -0.950. The molecule has 1 aliphatic carbocycles. The summed E-state index contributed by atoms with van der Waals surface area (Å²) in [6.45, 7) is 18.2. The SMILES string of the molecule is Cc1ncsc1-c1ccc([C@H](C)NC(=O)[C@@H]2C[C@@H](O)CN2C(=O)[C@@H](NC(=O)COCCCCCCc2ccc(C(=O)NC3C(C)(C)C(Cc4ccc(C#N)c(Cl)c4)C3(C)C)nn2)C(C)(C)C)cc1. The lowest BCUT2D eigenvalue weighted by Gasteiger charge is -2.64. The number of aliphatic hydroxyl groups is 1. The van der Waals surface area contributed by atoms with E-state index >= 15 is 0 Å². The number of likely N-dealkylation sites (tertiary alicyclic amines) is 1. The first-order chi connectivity index (χ1) is 32.1. The topological polar surface area (TPSA) is 200 Å². The number of carbonyl (C=O) groups excluding carboxylic acids is 4. The van der Waals surface area contributed by atoms with Gasteiger partial charge in [-0.1, -0.05) is 103 Å². The van der Waals surface area contributed by atoms with E-state index in [-0.39, 0.29) is 65.9 Å². The number of benzene rings is 2. The Bertz CT molecular complexity index is 2450. The number of rotatable bonds is 19. The number of aliphatic hydroxyl groups excluding tert-OH is 1. The van der Waals surface area contributed by atoms with Crippen molar-refractivity contribution in [1.82, 2.24) is 36.0 Å². The molecule has 0 spiro atoms. The average Bonchev–Trinajstić information content (AvgIpc) is 3.91. The van der Waals surface area contributed by atoms with Crippen molar-refractivity contribution in [2.75, 3.05) is 19.8 Å². The minimum absolute atomic E-state index is 0.0123. The standard InChI is InChI=1S/C52H67ClN8O6S/c1-31(34-17-19-35(20-18-34)44-32(2)55-30-68-44)56-47(65)41-26-38(62)28-61(41)48(66)45(50(3,4)5)57-43(63)29-67-23-13-11-10-12-14-37-21-22-40(60-59-37)46(64)58-49-51(6,7)42(52(49,8)9)25-33-15-16-36(27-54)39(53)24-33/h15-22,24,30-31,38,41-42,45,49,62H,10-14,23,25-26,28-29H2,1-9H3,(H,56,65)(H,57,63)(H,58,64)/t31-,38+,41-,42?,45+,49?/m0/s1. The molecular weight excluding hydrogens is 900 g/mol. The summed E-state index contributed by atoms with van der Waals surface area (Å²) in [6.07, 6.45) is 4.12. The van der Waals surface area contributed by atoms with Crippen LogP contribution in [0, 0.1) is 40.4 Å². The van der Waals surface area contributed by atoms with Crippen LogP contribution in [0.5, 0.6) is 0 Å². The highest BCUT2D eigenvalue weighted by atomic mass is 35.5. The molecule has 14 nitrogen and oxygen atoms in total. The highest BCUT2D eigenvalue weighted by Crippen LogP contribution is 2.60. The van der Waals surface area contributed by atoms with Gasteiger partial charge in [0.15, 0.2) is 5.69 Å². The van der Waals surface area contributed by atoms with Crippen LogP contribution < -0.4 is 16.0 Å². The smallest absolute Gasteiger partial charge is 0.272 e. The van der Waals surface area contributed by atoms with Crippen LogP contribution in [-0.2, 0) is 32.0 Å². The van der Waals surface area contributed by atoms with Crippen molar-refractivity contribution in [1.29, 1.82) is 5.26 Å². The van der Waals surface area contributed by atoms with E-state index < -0.39 is 35.4 Å². The fraction of sp³-hybridized carbons (Fsp3) is 0.538. The molecule has 1 saturated carbocycles. The highest BCUT2D eigenvalue weighted by Gasteiger charge is 2.61. The summed E-state index contributed by atoms with van der Waals surface area (Å²) < 4.78 is 5.70. The molecule has 4 atom stereocenters. The zero-order valence-corrected chi connectivity index (χ0v) is 42.4. The number of hydrogen-bond acceptors (Lipinski definition) is 11. The quantitative estimate of drug-likeness (QED) is 0.0669. The van der Waals surface area contributed by atoms with E-state index in [1.54, 1.807) is 23.5 Å². The van der Waals surface area contributed by atoms with Gasteiger partial charge < -0.3 is 30.7 Å². The summed E-state index contributed by atoms with van der Waals surface area (Å²) in [5.41, 5.74) is 6.25. The molecular formula is C52H67ClN8O6S. The van der Waals surface area contributed by atoms with Crippen LogP contribution in [0.2, 0.25) is 5.02 Å². The van der Waals surface area contributed by atoms with Crippen LogP contribution in [0.4, 0.5) is 0 Å². The predicted octanol–water partition coefficient (Wildman–Crippen LogP) is 7.95. The summed E-state index contributed by atoms with van der Waals surface area (Å²) in [6, 6.07) is 16.9. The highest BCUT2D eigenvalue weighted by molar-refractivity contribution is 7.13. The first-order valence-corrected chi connectivity index (χ1v) is 24.9. The molecule has 364 valence electrons. The van der Waals surface area contributed by atoms with E-state index in [0.29, 0.717) is 23.6 Å². The number of amides is 4. The normalized spacial score (nSPS) is 20.4. The van der Waals surface area contributed by atoms with Crippen molar-refractivity contribution in [2.24, 2.45) is 22.2 Å². The lowest BCUT2D eigenvalue weighted by molar-refractivity contribution is -0.144. The van der Waals surface area contributed by atoms with Gasteiger partial charge in [0.2, 0.25) is 17.7 Å². The van der Waals surface area contributed by atoms with E-state index in [4.69, 9.17) is 16.3 Å². The molecule has 6 rings (SSSR count). The molecule has 2 fully saturated rings. The van der Waals surface area contributed by atoms with E-state index in [2.05, 4.69) is 64.9 Å². The van der Waals surface area contributed by atoms with Crippen molar-refractivity contribution >= 4 is 46.6 Å². The largest absolute Gasteiger partial charge is 0.391 e. The van der Waals surface area contributed by atoms with E-state index in [9.17, 15) is 29.5 Å². The molecule has 1 aliphatic heterocycles. The fourth-order valence-electron chi connectivity index (χ4n) is 10.2. The van der Waals surface area contributed by atoms with Gasteiger partial charge in [-0.2, -0.15) is 10.4 Å². The summed E-state index contributed by atoms with van der Waals surface area (Å²) in [5.74, 6) is -1.21. The maximum Gasteiger partial charge on any atom is 0.272 e. The second-order valence-electron chi connectivity index (χ2n) is 20.7. The van der Waals surface area contributed by atoms with Gasteiger partial charge in [-0.15, -0.1) is 16.4 Å². The molecule has 0 bridgehead atoms. The van der Waals surface area contributed by atoms with Crippen molar-refractivity contribution in [3.8, 4) is 16.5 Å². The van der Waals surface area contributed by atoms with Crippen LogP contribution >= 0.6 is 22.9 Å². The first kappa shape index (κ1) is 52.1. The Balaban J connectivity index is 0.887. The molecule has 4 aromatic rings. The number of nitrogens with zero attached hydrogens (tertiary/aromatic N) is 5. The van der Waals surface area contributed by atoms with Gasteiger partial charge in [0.25, 0.3) is 5.91 Å². The molecule has 16 heteroatoms. The van der Waals surface area contributed by atoms with Crippen molar-refractivity contribution in [3.63, 3.8) is 0 Å². The van der Waals surface area contributed by atoms with Gasteiger partial charge in [-0.25, -0.2) is 4.98 Å². The number of ether oxygens (including phenoxy) is 1. The third-order valence-corrected chi connectivity index (χ3v) is 15.2. The van der Waals surface area contributed by atoms with Gasteiger partial charge in [0.1, 0.15) is 24.8 Å². The monoisotopic (exact) mass is 966 g/mol. The molecule has 2 aromatic carbocycles. The summed E-state index contributed by atoms with van der Waals surface area (Å²) >= 11 is 7.89. The Morgan fingerprint density at radius 1 is 0.985 bits per heavy atom. The predicted molar refractivity (Wildman–Crippen MR) is 264 cm³/mol. The van der Waals surface area contributed by atoms with Crippen LogP contribution in [0.15, 0.2) is 60.1 Å².